The summed E-state index contributed by atoms with van der Waals surface area (Å²) >= 11 is 5.60. The van der Waals surface area contributed by atoms with Gasteiger partial charge >= 0.3 is 5.69 Å². The molecule has 0 unspecified atom stereocenters. The van der Waals surface area contributed by atoms with Crippen LogP contribution in [0.15, 0.2) is 12.3 Å². The molecule has 7 nitrogen and oxygen atoms in total. The zero-order valence-corrected chi connectivity index (χ0v) is 11.1. The van der Waals surface area contributed by atoms with E-state index in [0.29, 0.717) is 0 Å². The summed E-state index contributed by atoms with van der Waals surface area (Å²) in [7, 11) is 0. The van der Waals surface area contributed by atoms with Crippen molar-refractivity contribution in [1.82, 2.24) is 10.3 Å². The Morgan fingerprint density at radius 1 is 1.68 bits per heavy atom. The Kier molecular flexibility index (Phi) is 4.40. The van der Waals surface area contributed by atoms with E-state index in [1.165, 1.54) is 12.3 Å². The van der Waals surface area contributed by atoms with Gasteiger partial charge in [0.15, 0.2) is 0 Å². The van der Waals surface area contributed by atoms with Crippen molar-refractivity contribution in [2.24, 2.45) is 5.41 Å². The van der Waals surface area contributed by atoms with Crippen LogP contribution < -0.4 is 5.32 Å². The molecule has 0 saturated heterocycles. The van der Waals surface area contributed by atoms with Crippen LogP contribution in [0.3, 0.4) is 0 Å². The fourth-order valence-electron chi connectivity index (χ4n) is 1.22. The maximum absolute atomic E-state index is 11.9. The predicted octanol–water partition coefficient (Wildman–Crippen LogP) is 1.92. The molecular formula is C11H11ClN4O3. The van der Waals surface area contributed by atoms with Crippen molar-refractivity contribution in [1.29, 1.82) is 5.26 Å². The van der Waals surface area contributed by atoms with Crippen molar-refractivity contribution in [2.75, 3.05) is 6.54 Å². The monoisotopic (exact) mass is 282 g/mol. The van der Waals surface area contributed by atoms with E-state index in [-0.39, 0.29) is 17.3 Å². The summed E-state index contributed by atoms with van der Waals surface area (Å²) in [5.74, 6) is -0.667. The van der Waals surface area contributed by atoms with Crippen LogP contribution in [0.2, 0.25) is 5.15 Å². The largest absolute Gasteiger partial charge is 0.350 e. The van der Waals surface area contributed by atoms with E-state index >= 15 is 0 Å². The lowest BCUT2D eigenvalue weighted by Crippen LogP contribution is -2.33. The van der Waals surface area contributed by atoms with Crippen LogP contribution in [-0.2, 0) is 0 Å². The first-order valence-electron chi connectivity index (χ1n) is 5.27. The highest BCUT2D eigenvalue weighted by atomic mass is 35.5. The highest BCUT2D eigenvalue weighted by Gasteiger charge is 2.26. The number of carbonyl (C=O) groups is 1. The molecule has 0 aliphatic heterocycles. The third-order valence-electron chi connectivity index (χ3n) is 2.30. The van der Waals surface area contributed by atoms with E-state index in [2.05, 4.69) is 10.3 Å². The average Bonchev–Trinajstić information content (AvgIpc) is 2.35. The number of halogens is 1. The first kappa shape index (κ1) is 14.9. The van der Waals surface area contributed by atoms with Gasteiger partial charge in [0.2, 0.25) is 5.15 Å². The molecule has 8 heteroatoms. The van der Waals surface area contributed by atoms with Crippen LogP contribution in [0.4, 0.5) is 5.69 Å². The van der Waals surface area contributed by atoms with E-state index in [4.69, 9.17) is 16.9 Å². The maximum atomic E-state index is 11.9. The third kappa shape index (κ3) is 3.63. The van der Waals surface area contributed by atoms with Crippen LogP contribution in [0, 0.1) is 26.9 Å². The summed E-state index contributed by atoms with van der Waals surface area (Å²) in [6, 6.07) is 3.22. The predicted molar refractivity (Wildman–Crippen MR) is 67.6 cm³/mol. The van der Waals surface area contributed by atoms with E-state index in [9.17, 15) is 14.9 Å². The highest BCUT2D eigenvalue weighted by Crippen LogP contribution is 2.26. The molecule has 0 bridgehead atoms. The highest BCUT2D eigenvalue weighted by molar-refractivity contribution is 6.32. The van der Waals surface area contributed by atoms with Gasteiger partial charge in [0.05, 0.1) is 16.4 Å². The second-order valence-electron chi connectivity index (χ2n) is 4.43. The SMILES string of the molecule is CC(C)(C#N)CNC(=O)c1ccnc(Cl)c1[N+](=O)[O-]. The quantitative estimate of drug-likeness (QED) is 0.515. The van der Waals surface area contributed by atoms with E-state index in [0.717, 1.165) is 0 Å². The number of carbonyl (C=O) groups excluding carboxylic acids is 1. The number of nitrogens with zero attached hydrogens (tertiary/aromatic N) is 3. The Balaban J connectivity index is 2.99. The summed E-state index contributed by atoms with van der Waals surface area (Å²) in [5, 5.41) is 21.8. The Morgan fingerprint density at radius 2 is 2.32 bits per heavy atom. The lowest BCUT2D eigenvalue weighted by molar-refractivity contribution is -0.385. The van der Waals surface area contributed by atoms with Gasteiger partial charge in [0, 0.05) is 12.7 Å². The number of aromatic nitrogens is 1. The van der Waals surface area contributed by atoms with Crippen molar-refractivity contribution in [3.8, 4) is 6.07 Å². The van der Waals surface area contributed by atoms with E-state index in [1.807, 2.05) is 6.07 Å². The Labute approximate surface area is 114 Å². The summed E-state index contributed by atoms with van der Waals surface area (Å²) < 4.78 is 0. The number of nitriles is 1. The van der Waals surface area contributed by atoms with Crippen molar-refractivity contribution >= 4 is 23.2 Å². The second-order valence-corrected chi connectivity index (χ2v) is 4.79. The zero-order chi connectivity index (χ0) is 14.6. The van der Waals surface area contributed by atoms with Gasteiger partial charge in [0.25, 0.3) is 5.91 Å². The van der Waals surface area contributed by atoms with Crippen molar-refractivity contribution in [3.63, 3.8) is 0 Å². The topological polar surface area (TPSA) is 109 Å². The summed E-state index contributed by atoms with van der Waals surface area (Å²) in [6.45, 7) is 3.35. The molecule has 1 amide bonds. The van der Waals surface area contributed by atoms with Crippen LogP contribution in [-0.4, -0.2) is 22.4 Å². The molecule has 0 aliphatic rings. The lowest BCUT2D eigenvalue weighted by Gasteiger charge is -2.15. The van der Waals surface area contributed by atoms with Crippen LogP contribution in [0.25, 0.3) is 0 Å². The first-order chi connectivity index (χ1) is 8.78. The smallest absolute Gasteiger partial charge is 0.319 e. The molecule has 0 radical (unpaired) electrons. The minimum absolute atomic E-state index is 0.0689. The standard InChI is InChI=1S/C11H11ClN4O3/c1-11(2,5-13)6-15-10(17)7-3-4-14-9(12)8(7)16(18)19/h3-4H,6H2,1-2H3,(H,15,17). The number of hydrogen-bond acceptors (Lipinski definition) is 5. The molecule has 0 aliphatic carbocycles. The zero-order valence-electron chi connectivity index (χ0n) is 10.3. The van der Waals surface area contributed by atoms with Gasteiger partial charge in [-0.3, -0.25) is 14.9 Å². The maximum Gasteiger partial charge on any atom is 0.319 e. The molecule has 1 heterocycles. The number of hydrogen-bond donors (Lipinski definition) is 1. The molecule has 1 rings (SSSR count). The Morgan fingerprint density at radius 3 is 2.84 bits per heavy atom. The molecule has 1 aromatic rings. The molecule has 0 aromatic carbocycles. The average molecular weight is 283 g/mol. The molecule has 0 fully saturated rings. The number of amides is 1. The lowest BCUT2D eigenvalue weighted by atomic mass is 9.96. The molecule has 0 atom stereocenters. The summed E-state index contributed by atoms with van der Waals surface area (Å²) in [4.78, 5) is 25.5. The molecule has 19 heavy (non-hydrogen) atoms. The number of nitro groups is 1. The van der Waals surface area contributed by atoms with E-state index < -0.39 is 21.9 Å². The third-order valence-corrected chi connectivity index (χ3v) is 2.58. The van der Waals surface area contributed by atoms with Gasteiger partial charge in [-0.2, -0.15) is 5.26 Å². The number of rotatable bonds is 4. The minimum atomic E-state index is -0.764. The van der Waals surface area contributed by atoms with Gasteiger partial charge in [0.1, 0.15) is 5.56 Å². The fourth-order valence-corrected chi connectivity index (χ4v) is 1.45. The normalized spacial score (nSPS) is 10.6. The van der Waals surface area contributed by atoms with Crippen molar-refractivity contribution in [2.45, 2.75) is 13.8 Å². The van der Waals surface area contributed by atoms with Crippen LogP contribution in [0.5, 0.6) is 0 Å². The molecular weight excluding hydrogens is 272 g/mol. The van der Waals surface area contributed by atoms with Gasteiger partial charge in [-0.15, -0.1) is 0 Å². The second kappa shape index (κ2) is 5.63. The van der Waals surface area contributed by atoms with Crippen molar-refractivity contribution < 1.29 is 9.72 Å². The summed E-state index contributed by atoms with van der Waals surface area (Å²) in [5.41, 5.74) is -1.49. The molecule has 1 aromatic heterocycles. The van der Waals surface area contributed by atoms with Gasteiger partial charge in [-0.05, 0) is 19.9 Å². The molecule has 100 valence electrons. The van der Waals surface area contributed by atoms with Crippen LogP contribution in [0.1, 0.15) is 24.2 Å². The molecule has 0 saturated carbocycles. The summed E-state index contributed by atoms with van der Waals surface area (Å²) in [6.07, 6.45) is 1.21. The Hall–Kier alpha value is -2.20. The molecule has 0 spiro atoms. The van der Waals surface area contributed by atoms with Gasteiger partial charge in [-0.1, -0.05) is 11.6 Å². The van der Waals surface area contributed by atoms with Crippen LogP contribution >= 0.6 is 11.6 Å². The molecule has 1 N–H and O–H groups in total. The minimum Gasteiger partial charge on any atom is -0.350 e. The Bertz CT molecular complexity index is 566. The van der Waals surface area contributed by atoms with E-state index in [1.54, 1.807) is 13.8 Å². The van der Waals surface area contributed by atoms with Crippen molar-refractivity contribution in [3.05, 3.63) is 33.1 Å². The number of pyridine rings is 1. The first-order valence-corrected chi connectivity index (χ1v) is 5.64. The number of nitrogens with one attached hydrogen (secondary N) is 1. The van der Waals surface area contributed by atoms with Gasteiger partial charge < -0.3 is 5.32 Å². The fraction of sp³-hybridized carbons (Fsp3) is 0.364. The van der Waals surface area contributed by atoms with Gasteiger partial charge in [-0.25, -0.2) is 4.98 Å².